The van der Waals surface area contributed by atoms with Gasteiger partial charge in [0.25, 0.3) is 0 Å². The SMILES string of the molecule is CC(CN(C)CC(C)(C)S)N(C)CC(C)(C)S.CC1CN(C)CCN(C)CCN1C. The molecule has 1 rings (SSSR count). The normalized spacial score (nSPS) is 22.3. The molecule has 0 aromatic rings. The van der Waals surface area contributed by atoms with Crippen LogP contribution in [0.4, 0.5) is 0 Å². The number of likely N-dealkylation sites (N-methyl/N-ethyl adjacent to an activating group) is 5. The Morgan fingerprint density at radius 2 is 1.33 bits per heavy atom. The highest BCUT2D eigenvalue weighted by Gasteiger charge is 2.21. The molecule has 1 heterocycles. The topological polar surface area (TPSA) is 16.2 Å². The number of hydrogen-bond donors (Lipinski definition) is 2. The largest absolute Gasteiger partial charge is 0.304 e. The monoisotopic (exact) mass is 463 g/mol. The molecule has 182 valence electrons. The van der Waals surface area contributed by atoms with Gasteiger partial charge in [0.15, 0.2) is 0 Å². The molecule has 1 aliphatic rings. The Hall–Kier alpha value is 0.500. The molecule has 0 aliphatic carbocycles. The predicted octanol–water partition coefficient (Wildman–Crippen LogP) is 2.84. The fraction of sp³-hybridized carbons (Fsp3) is 1.00. The first-order chi connectivity index (χ1) is 13.5. The van der Waals surface area contributed by atoms with Gasteiger partial charge in [0.05, 0.1) is 0 Å². The van der Waals surface area contributed by atoms with Gasteiger partial charge in [0.1, 0.15) is 0 Å². The van der Waals surface area contributed by atoms with Crippen LogP contribution < -0.4 is 0 Å². The number of thiol groups is 2. The van der Waals surface area contributed by atoms with Crippen LogP contribution >= 0.6 is 25.3 Å². The zero-order valence-corrected chi connectivity index (χ0v) is 23.7. The molecule has 2 atom stereocenters. The molecule has 1 aliphatic heterocycles. The van der Waals surface area contributed by atoms with Crippen LogP contribution in [0.15, 0.2) is 0 Å². The second-order valence-electron chi connectivity index (χ2n) is 11.0. The standard InChI is InChI=1S/C13H30N2S2.C10H23N3/c1-11(15(7)10-13(4,5)17)8-14(6)9-12(2,3)16;1-10-9-12(3)6-5-11(2)7-8-13(10)4/h11,16-17H,8-10H2,1-7H3;10H,5-9H2,1-4H3. The smallest absolute Gasteiger partial charge is 0.0200 e. The van der Waals surface area contributed by atoms with Crippen LogP contribution in [0.2, 0.25) is 0 Å². The minimum atomic E-state index is 0.0599. The van der Waals surface area contributed by atoms with Gasteiger partial charge in [-0.1, -0.05) is 0 Å². The molecule has 0 bridgehead atoms. The second-order valence-corrected chi connectivity index (χ2v) is 13.4. The van der Waals surface area contributed by atoms with Crippen molar-refractivity contribution in [3.05, 3.63) is 0 Å². The minimum absolute atomic E-state index is 0.0599. The lowest BCUT2D eigenvalue weighted by atomic mass is 10.1. The molecule has 0 amide bonds. The lowest BCUT2D eigenvalue weighted by Crippen LogP contribution is -2.45. The summed E-state index contributed by atoms with van der Waals surface area (Å²) in [6.45, 7) is 22.2. The lowest BCUT2D eigenvalue weighted by Gasteiger charge is -2.34. The Morgan fingerprint density at radius 3 is 1.83 bits per heavy atom. The molecule has 7 heteroatoms. The van der Waals surface area contributed by atoms with E-state index in [0.29, 0.717) is 12.1 Å². The summed E-state index contributed by atoms with van der Waals surface area (Å²) in [6.07, 6.45) is 0. The summed E-state index contributed by atoms with van der Waals surface area (Å²) < 4.78 is 0.125. The van der Waals surface area contributed by atoms with Gasteiger partial charge < -0.3 is 24.5 Å². The Morgan fingerprint density at radius 1 is 0.867 bits per heavy atom. The number of rotatable bonds is 7. The summed E-state index contributed by atoms with van der Waals surface area (Å²) >= 11 is 9.15. The van der Waals surface area contributed by atoms with Gasteiger partial charge in [-0.3, -0.25) is 0 Å². The third-order valence-corrected chi connectivity index (χ3v) is 5.93. The van der Waals surface area contributed by atoms with E-state index in [1.807, 2.05) is 0 Å². The van der Waals surface area contributed by atoms with Crippen LogP contribution in [0, 0.1) is 0 Å². The molecule has 5 nitrogen and oxygen atoms in total. The van der Waals surface area contributed by atoms with Crippen LogP contribution in [-0.4, -0.2) is 134 Å². The molecular weight excluding hydrogens is 410 g/mol. The van der Waals surface area contributed by atoms with Gasteiger partial charge in [-0.05, 0) is 76.8 Å². The van der Waals surface area contributed by atoms with E-state index in [0.717, 1.165) is 19.6 Å². The van der Waals surface area contributed by atoms with Crippen LogP contribution in [0.1, 0.15) is 41.5 Å². The van der Waals surface area contributed by atoms with E-state index in [4.69, 9.17) is 0 Å². The molecule has 0 radical (unpaired) electrons. The Balaban J connectivity index is 0.000000579. The van der Waals surface area contributed by atoms with Crippen molar-refractivity contribution in [1.29, 1.82) is 0 Å². The molecule has 30 heavy (non-hydrogen) atoms. The van der Waals surface area contributed by atoms with Crippen LogP contribution in [-0.2, 0) is 0 Å². The highest BCUT2D eigenvalue weighted by Crippen LogP contribution is 2.16. The van der Waals surface area contributed by atoms with Crippen LogP contribution in [0.5, 0.6) is 0 Å². The van der Waals surface area contributed by atoms with E-state index in [1.54, 1.807) is 0 Å². The third kappa shape index (κ3) is 16.2. The van der Waals surface area contributed by atoms with Crippen molar-refractivity contribution in [3.63, 3.8) is 0 Å². The van der Waals surface area contributed by atoms with Gasteiger partial charge in [0.2, 0.25) is 0 Å². The predicted molar refractivity (Wildman–Crippen MR) is 143 cm³/mol. The van der Waals surface area contributed by atoms with Crippen LogP contribution in [0.25, 0.3) is 0 Å². The van der Waals surface area contributed by atoms with Gasteiger partial charge in [-0.2, -0.15) is 25.3 Å². The van der Waals surface area contributed by atoms with E-state index in [9.17, 15) is 0 Å². The molecule has 0 aromatic carbocycles. The number of nitrogens with zero attached hydrogens (tertiary/aromatic N) is 5. The van der Waals surface area contributed by atoms with E-state index < -0.39 is 0 Å². The third-order valence-electron chi connectivity index (χ3n) is 5.65. The maximum atomic E-state index is 4.58. The highest BCUT2D eigenvalue weighted by molar-refractivity contribution is 7.82. The average Bonchev–Trinajstić information content (AvgIpc) is 2.58. The molecule has 0 saturated carbocycles. The first-order valence-electron chi connectivity index (χ1n) is 11.4. The maximum absolute atomic E-state index is 4.58. The van der Waals surface area contributed by atoms with Crippen molar-refractivity contribution in [2.75, 3.05) is 87.6 Å². The Labute approximate surface area is 200 Å². The summed E-state index contributed by atoms with van der Waals surface area (Å²) in [6, 6.07) is 1.21. The molecule has 0 spiro atoms. The Bertz CT molecular complexity index is 450. The van der Waals surface area contributed by atoms with Gasteiger partial charge in [0, 0.05) is 73.9 Å². The maximum Gasteiger partial charge on any atom is 0.0200 e. The summed E-state index contributed by atoms with van der Waals surface area (Å²) in [5, 5.41) is 0. The second kappa shape index (κ2) is 13.9. The minimum Gasteiger partial charge on any atom is -0.304 e. The van der Waals surface area contributed by atoms with Crippen LogP contribution in [0.3, 0.4) is 0 Å². The first kappa shape index (κ1) is 30.5. The zero-order valence-electron chi connectivity index (χ0n) is 21.9. The summed E-state index contributed by atoms with van der Waals surface area (Å²) in [4.78, 5) is 12.0. The summed E-state index contributed by atoms with van der Waals surface area (Å²) in [5.74, 6) is 0. The zero-order chi connectivity index (χ0) is 23.7. The summed E-state index contributed by atoms with van der Waals surface area (Å²) in [5.41, 5.74) is 0. The fourth-order valence-electron chi connectivity index (χ4n) is 3.77. The quantitative estimate of drug-likeness (QED) is 0.563. The molecule has 1 saturated heterocycles. The van der Waals surface area contributed by atoms with E-state index in [1.165, 1.54) is 32.7 Å². The van der Waals surface area contributed by atoms with Gasteiger partial charge >= 0.3 is 0 Å². The van der Waals surface area contributed by atoms with Crippen molar-refractivity contribution >= 4 is 25.3 Å². The molecule has 2 unspecified atom stereocenters. The van der Waals surface area contributed by atoms with Crippen molar-refractivity contribution in [2.24, 2.45) is 0 Å². The van der Waals surface area contributed by atoms with Gasteiger partial charge in [-0.15, -0.1) is 0 Å². The number of hydrogen-bond acceptors (Lipinski definition) is 7. The lowest BCUT2D eigenvalue weighted by molar-refractivity contribution is 0.179. The summed E-state index contributed by atoms with van der Waals surface area (Å²) in [7, 11) is 11.0. The van der Waals surface area contributed by atoms with E-state index >= 15 is 0 Å². The van der Waals surface area contributed by atoms with Crippen molar-refractivity contribution in [3.8, 4) is 0 Å². The van der Waals surface area contributed by atoms with Gasteiger partial charge in [-0.25, -0.2) is 0 Å². The molecular formula is C23H53N5S2. The van der Waals surface area contributed by atoms with Crippen molar-refractivity contribution in [1.82, 2.24) is 24.5 Å². The molecule has 1 fully saturated rings. The van der Waals surface area contributed by atoms with E-state index in [2.05, 4.69) is 127 Å². The molecule has 0 aromatic heterocycles. The van der Waals surface area contributed by atoms with Crippen molar-refractivity contribution in [2.45, 2.75) is 63.1 Å². The average molecular weight is 464 g/mol. The van der Waals surface area contributed by atoms with Crippen molar-refractivity contribution < 1.29 is 0 Å². The highest BCUT2D eigenvalue weighted by atomic mass is 32.1. The Kier molecular flexibility index (Phi) is 14.1. The molecule has 0 N–H and O–H groups in total. The fourth-order valence-corrected chi connectivity index (χ4v) is 4.23. The first-order valence-corrected chi connectivity index (χ1v) is 12.3. The van der Waals surface area contributed by atoms with E-state index in [-0.39, 0.29) is 9.49 Å².